The third-order valence-corrected chi connectivity index (χ3v) is 5.03. The van der Waals surface area contributed by atoms with Crippen LogP contribution >= 0.6 is 11.3 Å². The molecule has 2 amide bonds. The van der Waals surface area contributed by atoms with Gasteiger partial charge in [-0.15, -0.1) is 11.3 Å². The summed E-state index contributed by atoms with van der Waals surface area (Å²) in [5.41, 5.74) is 1.41. The highest BCUT2D eigenvalue weighted by Crippen LogP contribution is 2.23. The number of rotatable bonds is 3. The molecular weight excluding hydrogens is 312 g/mol. The summed E-state index contributed by atoms with van der Waals surface area (Å²) >= 11 is 1.56. The molecule has 120 valence electrons. The second kappa shape index (κ2) is 6.05. The van der Waals surface area contributed by atoms with Gasteiger partial charge in [0.05, 0.1) is 22.8 Å². The van der Waals surface area contributed by atoms with Gasteiger partial charge in [-0.25, -0.2) is 0 Å². The molecule has 7 heteroatoms. The molecule has 6 nitrogen and oxygen atoms in total. The van der Waals surface area contributed by atoms with E-state index in [1.54, 1.807) is 29.4 Å². The molecule has 3 heterocycles. The summed E-state index contributed by atoms with van der Waals surface area (Å²) in [5.74, 6) is -0.0765. The number of aromatic amines is 1. The Labute approximate surface area is 138 Å². The molecule has 1 N–H and O–H groups in total. The summed E-state index contributed by atoms with van der Waals surface area (Å²) in [6.07, 6.45) is 0.701. The van der Waals surface area contributed by atoms with Crippen LogP contribution in [0.4, 0.5) is 0 Å². The average molecular weight is 330 g/mol. The molecule has 2 aromatic rings. The van der Waals surface area contributed by atoms with Crippen molar-refractivity contribution in [3.8, 4) is 6.07 Å². The van der Waals surface area contributed by atoms with Crippen molar-refractivity contribution in [2.75, 3.05) is 20.1 Å². The van der Waals surface area contributed by atoms with E-state index in [4.69, 9.17) is 5.26 Å². The van der Waals surface area contributed by atoms with Gasteiger partial charge >= 0.3 is 0 Å². The van der Waals surface area contributed by atoms with Gasteiger partial charge in [-0.3, -0.25) is 9.59 Å². The zero-order chi connectivity index (χ0) is 16.6. The number of thiophene rings is 1. The van der Waals surface area contributed by atoms with Crippen LogP contribution < -0.4 is 0 Å². The topological polar surface area (TPSA) is 80.2 Å². The van der Waals surface area contributed by atoms with Gasteiger partial charge < -0.3 is 14.8 Å². The molecule has 1 aliphatic heterocycles. The van der Waals surface area contributed by atoms with E-state index >= 15 is 0 Å². The summed E-state index contributed by atoms with van der Waals surface area (Å²) in [6, 6.07) is 5.52. The number of carbonyl (C=O) groups excluding carboxylic acids is 2. The van der Waals surface area contributed by atoms with Crippen LogP contribution in [-0.4, -0.2) is 52.8 Å². The molecule has 0 bridgehead atoms. The Morgan fingerprint density at radius 3 is 3.04 bits per heavy atom. The summed E-state index contributed by atoms with van der Waals surface area (Å²) in [6.45, 7) is 2.59. The molecule has 3 rings (SSSR count). The highest BCUT2D eigenvalue weighted by atomic mass is 32.1. The molecule has 1 aliphatic rings. The number of fused-ring (bicyclic) bond motifs is 1. The molecule has 23 heavy (non-hydrogen) atoms. The van der Waals surface area contributed by atoms with Gasteiger partial charge in [0.25, 0.3) is 5.91 Å². The van der Waals surface area contributed by atoms with Gasteiger partial charge in [0.1, 0.15) is 11.7 Å². The third-order valence-electron chi connectivity index (χ3n) is 4.17. The Hall–Kier alpha value is -2.33. The molecule has 0 aromatic carbocycles. The zero-order valence-electron chi connectivity index (χ0n) is 13.1. The van der Waals surface area contributed by atoms with E-state index in [2.05, 4.69) is 11.1 Å². The van der Waals surface area contributed by atoms with Gasteiger partial charge in [0, 0.05) is 13.6 Å². The first-order valence-corrected chi connectivity index (χ1v) is 8.38. The second-order valence-electron chi connectivity index (χ2n) is 6.07. The van der Waals surface area contributed by atoms with Crippen LogP contribution in [0, 0.1) is 17.2 Å². The third kappa shape index (κ3) is 2.94. The van der Waals surface area contributed by atoms with Crippen molar-refractivity contribution in [1.29, 1.82) is 5.26 Å². The summed E-state index contributed by atoms with van der Waals surface area (Å²) in [5, 5.41) is 11.1. The maximum absolute atomic E-state index is 12.4. The van der Waals surface area contributed by atoms with Gasteiger partial charge in [-0.05, 0) is 29.9 Å². The van der Waals surface area contributed by atoms with E-state index in [1.165, 1.54) is 4.90 Å². The van der Waals surface area contributed by atoms with E-state index < -0.39 is 0 Å². The number of H-pyrrole nitrogens is 1. The number of carbonyl (C=O) groups is 2. The van der Waals surface area contributed by atoms with E-state index in [0.29, 0.717) is 24.6 Å². The number of nitriles is 1. The van der Waals surface area contributed by atoms with Crippen molar-refractivity contribution >= 4 is 33.4 Å². The number of hydrogen-bond donors (Lipinski definition) is 1. The molecule has 0 saturated carbocycles. The predicted octanol–water partition coefficient (Wildman–Crippen LogP) is 2.06. The van der Waals surface area contributed by atoms with Gasteiger partial charge in [-0.2, -0.15) is 5.26 Å². The fraction of sp³-hybridized carbons (Fsp3) is 0.438. The van der Waals surface area contributed by atoms with E-state index in [9.17, 15) is 9.59 Å². The average Bonchev–Trinajstić information content (AvgIpc) is 3.19. The second-order valence-corrected chi connectivity index (χ2v) is 7.02. The first kappa shape index (κ1) is 15.6. The zero-order valence-corrected chi connectivity index (χ0v) is 13.9. The summed E-state index contributed by atoms with van der Waals surface area (Å²) in [7, 11) is 1.61. The largest absolute Gasteiger partial charge is 0.350 e. The summed E-state index contributed by atoms with van der Waals surface area (Å²) < 4.78 is 1.02. The molecule has 0 spiro atoms. The van der Waals surface area contributed by atoms with Crippen molar-refractivity contribution in [1.82, 2.24) is 14.8 Å². The standard InChI is InChI=1S/C16H18N4O2S/c1-10-5-11(7-17)20(8-10)15(21)9-19(2)16(22)13-6-14-12(18-13)3-4-23-14/h3-4,6,10-11,18H,5,8-9H2,1-2H3. The number of hydrogen-bond acceptors (Lipinski definition) is 4. The van der Waals surface area contributed by atoms with E-state index in [0.717, 1.165) is 10.2 Å². The van der Waals surface area contributed by atoms with Gasteiger partial charge in [0.15, 0.2) is 0 Å². The predicted molar refractivity (Wildman–Crippen MR) is 88.0 cm³/mol. The fourth-order valence-corrected chi connectivity index (χ4v) is 3.76. The highest BCUT2D eigenvalue weighted by molar-refractivity contribution is 7.17. The van der Waals surface area contributed by atoms with Gasteiger partial charge in [-0.1, -0.05) is 6.92 Å². The fourth-order valence-electron chi connectivity index (χ4n) is 2.98. The van der Waals surface area contributed by atoms with Crippen molar-refractivity contribution in [3.63, 3.8) is 0 Å². The van der Waals surface area contributed by atoms with E-state index in [1.807, 2.05) is 18.4 Å². The minimum atomic E-state index is -0.378. The lowest BCUT2D eigenvalue weighted by Gasteiger charge is -2.23. The molecule has 1 fully saturated rings. The van der Waals surface area contributed by atoms with Crippen LogP contribution in [0.25, 0.3) is 10.2 Å². The number of aromatic nitrogens is 1. The number of nitrogens with one attached hydrogen (secondary N) is 1. The molecule has 2 aromatic heterocycles. The normalized spacial score (nSPS) is 20.7. The van der Waals surface area contributed by atoms with Crippen molar-refractivity contribution < 1.29 is 9.59 Å². The lowest BCUT2D eigenvalue weighted by atomic mass is 10.1. The maximum Gasteiger partial charge on any atom is 0.270 e. The van der Waals surface area contributed by atoms with E-state index in [-0.39, 0.29) is 24.4 Å². The molecule has 0 radical (unpaired) electrons. The number of likely N-dealkylation sites (tertiary alicyclic amines) is 1. The smallest absolute Gasteiger partial charge is 0.270 e. The Morgan fingerprint density at radius 1 is 1.57 bits per heavy atom. The molecular formula is C16H18N4O2S. The first-order chi connectivity index (χ1) is 11.0. The van der Waals surface area contributed by atoms with Crippen molar-refractivity contribution in [2.24, 2.45) is 5.92 Å². The van der Waals surface area contributed by atoms with Crippen molar-refractivity contribution in [3.05, 3.63) is 23.2 Å². The van der Waals surface area contributed by atoms with Crippen LogP contribution in [0.1, 0.15) is 23.8 Å². The highest BCUT2D eigenvalue weighted by Gasteiger charge is 2.33. The maximum atomic E-state index is 12.4. The minimum absolute atomic E-state index is 0.0175. The summed E-state index contributed by atoms with van der Waals surface area (Å²) in [4.78, 5) is 30.9. The molecule has 1 saturated heterocycles. The first-order valence-electron chi connectivity index (χ1n) is 7.50. The molecule has 2 atom stereocenters. The number of likely N-dealkylation sites (N-methyl/N-ethyl adjacent to an activating group) is 1. The Morgan fingerprint density at radius 2 is 2.35 bits per heavy atom. The Balaban J connectivity index is 1.67. The monoisotopic (exact) mass is 330 g/mol. The minimum Gasteiger partial charge on any atom is -0.350 e. The lowest BCUT2D eigenvalue weighted by Crippen LogP contribution is -2.43. The molecule has 2 unspecified atom stereocenters. The molecule has 0 aliphatic carbocycles. The number of nitrogens with zero attached hydrogens (tertiary/aromatic N) is 3. The van der Waals surface area contributed by atoms with Gasteiger partial charge in [0.2, 0.25) is 5.91 Å². The van der Waals surface area contributed by atoms with Crippen LogP contribution in [0.3, 0.4) is 0 Å². The van der Waals surface area contributed by atoms with Crippen molar-refractivity contribution in [2.45, 2.75) is 19.4 Å². The lowest BCUT2D eigenvalue weighted by molar-refractivity contribution is -0.131. The number of amides is 2. The van der Waals surface area contributed by atoms with Crippen LogP contribution in [0.5, 0.6) is 0 Å². The quantitative estimate of drug-likeness (QED) is 0.935. The van der Waals surface area contributed by atoms with Crippen LogP contribution in [0.15, 0.2) is 17.5 Å². The Kier molecular flexibility index (Phi) is 4.09. The van der Waals surface area contributed by atoms with Crippen LogP contribution in [0.2, 0.25) is 0 Å². The van der Waals surface area contributed by atoms with Crippen LogP contribution in [-0.2, 0) is 4.79 Å². The Bertz CT molecular complexity index is 759. The SMILES string of the molecule is CC1CC(C#N)N(C(=O)CN(C)C(=O)c2cc3sccc3[nH]2)C1.